The summed E-state index contributed by atoms with van der Waals surface area (Å²) in [4.78, 5) is 14.4. The summed E-state index contributed by atoms with van der Waals surface area (Å²) >= 11 is 1.85. The van der Waals surface area contributed by atoms with Gasteiger partial charge in [-0.15, -0.1) is 11.3 Å². The lowest BCUT2D eigenvalue weighted by atomic mass is 10.1. The molecule has 2 rings (SSSR count). The third-order valence-electron chi connectivity index (χ3n) is 3.33. The SMILES string of the molecule is CCNC(=O)c1ccc(NC(C)c2ccc(CC)s2)cc1. The maximum Gasteiger partial charge on any atom is 0.251 e. The molecule has 2 N–H and O–H groups in total. The average molecular weight is 302 g/mol. The third kappa shape index (κ3) is 4.08. The minimum absolute atomic E-state index is 0.0251. The zero-order valence-corrected chi connectivity index (χ0v) is 13.6. The molecule has 0 fully saturated rings. The van der Waals surface area contributed by atoms with E-state index in [9.17, 15) is 4.79 Å². The number of rotatable bonds is 6. The Morgan fingerprint density at radius 3 is 2.43 bits per heavy atom. The van der Waals surface area contributed by atoms with Crippen LogP contribution in [0.5, 0.6) is 0 Å². The molecule has 3 nitrogen and oxygen atoms in total. The van der Waals surface area contributed by atoms with Crippen LogP contribution in [-0.4, -0.2) is 12.5 Å². The molecule has 1 unspecified atom stereocenters. The Morgan fingerprint density at radius 1 is 1.14 bits per heavy atom. The number of nitrogens with one attached hydrogen (secondary N) is 2. The topological polar surface area (TPSA) is 41.1 Å². The molecule has 0 aliphatic rings. The molecule has 1 amide bonds. The van der Waals surface area contributed by atoms with Crippen LogP contribution in [0.25, 0.3) is 0 Å². The summed E-state index contributed by atoms with van der Waals surface area (Å²) in [7, 11) is 0. The summed E-state index contributed by atoms with van der Waals surface area (Å²) in [6.07, 6.45) is 1.08. The van der Waals surface area contributed by atoms with Crippen LogP contribution >= 0.6 is 11.3 Å². The van der Waals surface area contributed by atoms with Gasteiger partial charge in [-0.25, -0.2) is 0 Å². The van der Waals surface area contributed by atoms with Crippen LogP contribution in [0, 0.1) is 0 Å². The van der Waals surface area contributed by atoms with Gasteiger partial charge in [0.05, 0.1) is 6.04 Å². The van der Waals surface area contributed by atoms with Crippen molar-refractivity contribution in [3.05, 3.63) is 51.7 Å². The van der Waals surface area contributed by atoms with E-state index in [1.165, 1.54) is 9.75 Å². The fourth-order valence-electron chi connectivity index (χ4n) is 2.12. The number of carbonyl (C=O) groups is 1. The van der Waals surface area contributed by atoms with Crippen molar-refractivity contribution in [3.63, 3.8) is 0 Å². The van der Waals surface area contributed by atoms with Gasteiger partial charge < -0.3 is 10.6 Å². The zero-order valence-electron chi connectivity index (χ0n) is 12.8. The van der Waals surface area contributed by atoms with Crippen LogP contribution in [0.4, 0.5) is 5.69 Å². The Morgan fingerprint density at radius 2 is 1.86 bits per heavy atom. The van der Waals surface area contributed by atoms with E-state index < -0.39 is 0 Å². The quantitative estimate of drug-likeness (QED) is 0.838. The predicted molar refractivity (Wildman–Crippen MR) is 90.2 cm³/mol. The summed E-state index contributed by atoms with van der Waals surface area (Å²) in [6, 6.07) is 12.3. The second kappa shape index (κ2) is 7.27. The van der Waals surface area contributed by atoms with E-state index in [0.29, 0.717) is 12.1 Å². The van der Waals surface area contributed by atoms with Crippen LogP contribution in [-0.2, 0) is 6.42 Å². The first-order valence-corrected chi connectivity index (χ1v) is 8.19. The Labute approximate surface area is 130 Å². The summed E-state index contributed by atoms with van der Waals surface area (Å²) in [5, 5.41) is 6.27. The predicted octanol–water partition coefficient (Wildman–Crippen LogP) is 4.23. The molecule has 2 aromatic rings. The van der Waals surface area contributed by atoms with E-state index in [4.69, 9.17) is 0 Å². The van der Waals surface area contributed by atoms with Gasteiger partial charge in [-0.1, -0.05) is 6.92 Å². The van der Waals surface area contributed by atoms with Crippen molar-refractivity contribution in [1.82, 2.24) is 5.32 Å². The molecule has 0 bridgehead atoms. The minimum atomic E-state index is -0.0251. The van der Waals surface area contributed by atoms with E-state index >= 15 is 0 Å². The maximum absolute atomic E-state index is 11.7. The normalized spacial score (nSPS) is 12.0. The van der Waals surface area contributed by atoms with Gasteiger partial charge in [-0.2, -0.15) is 0 Å². The van der Waals surface area contributed by atoms with Gasteiger partial charge in [0.15, 0.2) is 0 Å². The molecule has 0 aliphatic carbocycles. The number of benzene rings is 1. The highest BCUT2D eigenvalue weighted by atomic mass is 32.1. The van der Waals surface area contributed by atoms with E-state index in [-0.39, 0.29) is 11.9 Å². The van der Waals surface area contributed by atoms with Crippen molar-refractivity contribution in [2.24, 2.45) is 0 Å². The molecule has 1 heterocycles. The number of anilines is 1. The Hall–Kier alpha value is -1.81. The number of aryl methyl sites for hydroxylation is 1. The summed E-state index contributed by atoms with van der Waals surface area (Å²) in [5.41, 5.74) is 1.72. The molecular formula is C17H22N2OS. The fraction of sp³-hybridized carbons (Fsp3) is 0.353. The number of amides is 1. The first-order chi connectivity index (χ1) is 10.1. The van der Waals surface area contributed by atoms with Crippen LogP contribution in [0.2, 0.25) is 0 Å². The van der Waals surface area contributed by atoms with E-state index in [1.807, 2.05) is 42.5 Å². The Balaban J connectivity index is 2.01. The van der Waals surface area contributed by atoms with Crippen LogP contribution in [0.15, 0.2) is 36.4 Å². The lowest BCUT2D eigenvalue weighted by Gasteiger charge is -2.14. The fourth-order valence-corrected chi connectivity index (χ4v) is 3.07. The largest absolute Gasteiger partial charge is 0.378 e. The molecule has 0 saturated carbocycles. The van der Waals surface area contributed by atoms with E-state index in [2.05, 4.69) is 36.6 Å². The molecule has 112 valence electrons. The molecular weight excluding hydrogens is 280 g/mol. The number of thiophene rings is 1. The third-order valence-corrected chi connectivity index (χ3v) is 4.74. The molecule has 21 heavy (non-hydrogen) atoms. The highest BCUT2D eigenvalue weighted by Crippen LogP contribution is 2.26. The lowest BCUT2D eigenvalue weighted by Crippen LogP contribution is -2.22. The average Bonchev–Trinajstić information content (AvgIpc) is 2.97. The van der Waals surface area contributed by atoms with Crippen molar-refractivity contribution in [1.29, 1.82) is 0 Å². The molecule has 0 aliphatic heterocycles. The molecule has 0 spiro atoms. The van der Waals surface area contributed by atoms with E-state index in [0.717, 1.165) is 12.1 Å². The molecule has 0 radical (unpaired) electrons. The second-order valence-corrected chi connectivity index (χ2v) is 6.16. The van der Waals surface area contributed by atoms with Gasteiger partial charge in [0, 0.05) is 27.5 Å². The number of hydrogen-bond donors (Lipinski definition) is 2. The lowest BCUT2D eigenvalue weighted by molar-refractivity contribution is 0.0956. The van der Waals surface area contributed by atoms with Gasteiger partial charge >= 0.3 is 0 Å². The highest BCUT2D eigenvalue weighted by molar-refractivity contribution is 7.12. The molecule has 0 saturated heterocycles. The smallest absolute Gasteiger partial charge is 0.251 e. The zero-order chi connectivity index (χ0) is 15.2. The molecule has 1 atom stereocenters. The molecule has 4 heteroatoms. The summed E-state index contributed by atoms with van der Waals surface area (Å²) in [5.74, 6) is -0.0251. The van der Waals surface area contributed by atoms with Crippen LogP contribution < -0.4 is 10.6 Å². The van der Waals surface area contributed by atoms with Gasteiger partial charge in [0.1, 0.15) is 0 Å². The van der Waals surface area contributed by atoms with Crippen molar-refractivity contribution >= 4 is 22.9 Å². The van der Waals surface area contributed by atoms with Crippen LogP contribution in [0.3, 0.4) is 0 Å². The molecule has 1 aromatic carbocycles. The van der Waals surface area contributed by atoms with Crippen molar-refractivity contribution in [2.45, 2.75) is 33.2 Å². The minimum Gasteiger partial charge on any atom is -0.378 e. The highest BCUT2D eigenvalue weighted by Gasteiger charge is 2.09. The monoisotopic (exact) mass is 302 g/mol. The molecule has 1 aromatic heterocycles. The van der Waals surface area contributed by atoms with Gasteiger partial charge in [0.2, 0.25) is 0 Å². The van der Waals surface area contributed by atoms with Gasteiger partial charge in [0.25, 0.3) is 5.91 Å². The first-order valence-electron chi connectivity index (χ1n) is 7.37. The van der Waals surface area contributed by atoms with Crippen molar-refractivity contribution < 1.29 is 4.79 Å². The summed E-state index contributed by atoms with van der Waals surface area (Å²) < 4.78 is 0. The van der Waals surface area contributed by atoms with Crippen LogP contribution in [0.1, 0.15) is 46.9 Å². The Bertz CT molecular complexity index is 589. The summed E-state index contributed by atoms with van der Waals surface area (Å²) in [6.45, 7) is 6.89. The second-order valence-electron chi connectivity index (χ2n) is 4.96. The number of hydrogen-bond acceptors (Lipinski definition) is 3. The van der Waals surface area contributed by atoms with Crippen molar-refractivity contribution in [2.75, 3.05) is 11.9 Å². The van der Waals surface area contributed by atoms with Gasteiger partial charge in [-0.3, -0.25) is 4.79 Å². The van der Waals surface area contributed by atoms with Crippen molar-refractivity contribution in [3.8, 4) is 0 Å². The number of carbonyl (C=O) groups excluding carboxylic acids is 1. The standard InChI is InChI=1S/C17H22N2OS/c1-4-15-10-11-16(21-15)12(3)19-14-8-6-13(7-9-14)17(20)18-5-2/h6-12,19H,4-5H2,1-3H3,(H,18,20). The van der Waals surface area contributed by atoms with E-state index in [1.54, 1.807) is 0 Å². The van der Waals surface area contributed by atoms with Gasteiger partial charge in [-0.05, 0) is 56.7 Å². The first kappa shape index (κ1) is 15.6. The maximum atomic E-state index is 11.7. The Kier molecular flexibility index (Phi) is 5.39.